The van der Waals surface area contributed by atoms with Crippen LogP contribution in [0, 0.1) is 0 Å². The second-order valence-electron chi connectivity index (χ2n) is 2.35. The minimum absolute atomic E-state index is 0.193. The lowest BCUT2D eigenvalue weighted by atomic mass is 10.4. The first-order valence-electron chi connectivity index (χ1n) is 3.50. The minimum Gasteiger partial charge on any atom is -0.457 e. The number of furan rings is 1. The van der Waals surface area contributed by atoms with E-state index in [0.29, 0.717) is 16.9 Å². The lowest BCUT2D eigenvalue weighted by Gasteiger charge is -1.98. The predicted octanol–water partition coefficient (Wildman–Crippen LogP) is 2.68. The van der Waals surface area contributed by atoms with Crippen LogP contribution in [0.5, 0.6) is 0 Å². The van der Waals surface area contributed by atoms with Crippen LogP contribution in [0.1, 0.15) is 0 Å². The van der Waals surface area contributed by atoms with Crippen LogP contribution in [-0.2, 0) is 0 Å². The molecule has 0 saturated heterocycles. The molecule has 4 nitrogen and oxygen atoms in total. The molecule has 0 fully saturated rings. The van der Waals surface area contributed by atoms with Gasteiger partial charge in [0.05, 0.1) is 4.47 Å². The molecule has 2 aromatic rings. The normalized spacial score (nSPS) is 10.7. The Kier molecular flexibility index (Phi) is 2.13. The molecular weight excluding hydrogens is 257 g/mol. The maximum Gasteiger partial charge on any atom is 0.225 e. The fourth-order valence-corrected chi connectivity index (χ4v) is 1.56. The Labute approximate surface area is 87.4 Å². The van der Waals surface area contributed by atoms with E-state index in [1.165, 1.54) is 0 Å². The highest BCUT2D eigenvalue weighted by atomic mass is 79.9. The Bertz CT molecular complexity index is 456. The molecule has 0 radical (unpaired) electrons. The van der Waals surface area contributed by atoms with Crippen molar-refractivity contribution < 1.29 is 4.42 Å². The summed E-state index contributed by atoms with van der Waals surface area (Å²) in [6.45, 7) is 0. The summed E-state index contributed by atoms with van der Waals surface area (Å²) in [5.74, 6) is 0.584. The summed E-state index contributed by atoms with van der Waals surface area (Å²) in [4.78, 5) is 7.98. The van der Waals surface area contributed by atoms with Crippen LogP contribution in [0.4, 0.5) is 5.82 Å². The number of fused-ring (bicyclic) bond motifs is 1. The van der Waals surface area contributed by atoms with Crippen molar-refractivity contribution in [2.75, 3.05) is 12.4 Å². The van der Waals surface area contributed by atoms with Crippen molar-refractivity contribution in [3.8, 4) is 0 Å². The van der Waals surface area contributed by atoms with Crippen molar-refractivity contribution in [2.24, 2.45) is 0 Å². The molecule has 68 valence electrons. The molecular formula is C7H5BrClN3O. The molecule has 0 atom stereocenters. The van der Waals surface area contributed by atoms with E-state index in [4.69, 9.17) is 16.0 Å². The summed E-state index contributed by atoms with van der Waals surface area (Å²) in [6, 6.07) is 0. The summed E-state index contributed by atoms with van der Waals surface area (Å²) in [6.07, 6.45) is 1.55. The summed E-state index contributed by atoms with van der Waals surface area (Å²) < 4.78 is 6.00. The first kappa shape index (κ1) is 8.77. The van der Waals surface area contributed by atoms with Gasteiger partial charge in [-0.2, -0.15) is 4.98 Å². The lowest BCUT2D eigenvalue weighted by Crippen LogP contribution is -1.94. The fraction of sp³-hybridized carbons (Fsp3) is 0.143. The lowest BCUT2D eigenvalue weighted by molar-refractivity contribution is 0.613. The van der Waals surface area contributed by atoms with E-state index in [2.05, 4.69) is 31.2 Å². The summed E-state index contributed by atoms with van der Waals surface area (Å²) in [7, 11) is 1.74. The number of anilines is 1. The van der Waals surface area contributed by atoms with Crippen LogP contribution in [-0.4, -0.2) is 17.0 Å². The monoisotopic (exact) mass is 261 g/mol. The van der Waals surface area contributed by atoms with Gasteiger partial charge in [0.25, 0.3) is 0 Å². The van der Waals surface area contributed by atoms with Gasteiger partial charge in [0.2, 0.25) is 5.28 Å². The molecule has 0 aliphatic rings. The molecule has 0 aromatic carbocycles. The van der Waals surface area contributed by atoms with Gasteiger partial charge in [-0.1, -0.05) is 0 Å². The molecule has 2 heterocycles. The molecule has 0 spiro atoms. The number of rotatable bonds is 1. The molecule has 0 amide bonds. The Morgan fingerprint density at radius 1 is 1.54 bits per heavy atom. The van der Waals surface area contributed by atoms with Gasteiger partial charge in [-0.05, 0) is 27.5 Å². The van der Waals surface area contributed by atoms with Gasteiger partial charge in [0, 0.05) is 7.05 Å². The maximum absolute atomic E-state index is 5.71. The zero-order valence-electron chi connectivity index (χ0n) is 6.64. The van der Waals surface area contributed by atoms with Crippen molar-refractivity contribution in [1.29, 1.82) is 0 Å². The van der Waals surface area contributed by atoms with Gasteiger partial charge in [-0.15, -0.1) is 0 Å². The van der Waals surface area contributed by atoms with Crippen molar-refractivity contribution in [3.05, 3.63) is 16.0 Å². The maximum atomic E-state index is 5.71. The molecule has 2 rings (SSSR count). The van der Waals surface area contributed by atoms with E-state index in [1.807, 2.05) is 0 Å². The molecule has 0 aliphatic carbocycles. The van der Waals surface area contributed by atoms with Gasteiger partial charge in [0.15, 0.2) is 11.4 Å². The molecule has 2 aromatic heterocycles. The number of aromatic nitrogens is 2. The van der Waals surface area contributed by atoms with Gasteiger partial charge in [-0.25, -0.2) is 4.98 Å². The van der Waals surface area contributed by atoms with Crippen LogP contribution < -0.4 is 5.32 Å². The quantitative estimate of drug-likeness (QED) is 0.803. The molecule has 6 heteroatoms. The fourth-order valence-electron chi connectivity index (χ4n) is 1.03. The average molecular weight is 262 g/mol. The Balaban J connectivity index is 2.84. The van der Waals surface area contributed by atoms with Crippen LogP contribution in [0.3, 0.4) is 0 Å². The van der Waals surface area contributed by atoms with Crippen LogP contribution >= 0.6 is 27.5 Å². The third-order valence-corrected chi connectivity index (χ3v) is 2.31. The highest BCUT2D eigenvalue weighted by Crippen LogP contribution is 2.29. The molecule has 13 heavy (non-hydrogen) atoms. The second kappa shape index (κ2) is 3.16. The van der Waals surface area contributed by atoms with Crippen molar-refractivity contribution in [3.63, 3.8) is 0 Å². The summed E-state index contributed by atoms with van der Waals surface area (Å²) >= 11 is 9.00. The Morgan fingerprint density at radius 2 is 2.31 bits per heavy atom. The Hall–Kier alpha value is -0.810. The highest BCUT2D eigenvalue weighted by Gasteiger charge is 2.11. The topological polar surface area (TPSA) is 51.0 Å². The van der Waals surface area contributed by atoms with Crippen LogP contribution in [0.2, 0.25) is 5.28 Å². The average Bonchev–Trinajstić information content (AvgIpc) is 2.47. The van der Waals surface area contributed by atoms with Gasteiger partial charge in [0.1, 0.15) is 11.8 Å². The van der Waals surface area contributed by atoms with Crippen LogP contribution in [0.25, 0.3) is 11.1 Å². The number of nitrogens with one attached hydrogen (secondary N) is 1. The number of nitrogens with zero attached hydrogens (tertiary/aromatic N) is 2. The van der Waals surface area contributed by atoms with E-state index in [1.54, 1.807) is 13.3 Å². The third kappa shape index (κ3) is 1.38. The van der Waals surface area contributed by atoms with E-state index in [9.17, 15) is 0 Å². The van der Waals surface area contributed by atoms with Crippen molar-refractivity contribution in [1.82, 2.24) is 9.97 Å². The summed E-state index contributed by atoms with van der Waals surface area (Å²) in [5.41, 5.74) is 1.27. The van der Waals surface area contributed by atoms with Gasteiger partial charge < -0.3 is 9.73 Å². The predicted molar refractivity (Wildman–Crippen MR) is 54.1 cm³/mol. The highest BCUT2D eigenvalue weighted by molar-refractivity contribution is 9.10. The molecule has 0 unspecified atom stereocenters. The number of hydrogen-bond donors (Lipinski definition) is 1. The van der Waals surface area contributed by atoms with Crippen molar-refractivity contribution >= 4 is 44.4 Å². The zero-order valence-corrected chi connectivity index (χ0v) is 8.98. The Morgan fingerprint density at radius 3 is 3.00 bits per heavy atom. The van der Waals surface area contributed by atoms with Crippen molar-refractivity contribution in [2.45, 2.75) is 0 Å². The number of halogens is 2. The van der Waals surface area contributed by atoms with E-state index >= 15 is 0 Å². The summed E-state index contributed by atoms with van der Waals surface area (Å²) in [5, 5.41) is 3.07. The van der Waals surface area contributed by atoms with Gasteiger partial charge >= 0.3 is 0 Å². The minimum atomic E-state index is 0.193. The number of hydrogen-bond acceptors (Lipinski definition) is 4. The van der Waals surface area contributed by atoms with E-state index in [0.717, 1.165) is 4.47 Å². The largest absolute Gasteiger partial charge is 0.457 e. The SMILES string of the molecule is CNc1nc(Cl)nc2c(Br)coc12. The van der Waals surface area contributed by atoms with E-state index in [-0.39, 0.29) is 5.28 Å². The third-order valence-electron chi connectivity index (χ3n) is 1.58. The molecule has 1 N–H and O–H groups in total. The first-order chi connectivity index (χ1) is 6.22. The van der Waals surface area contributed by atoms with Crippen LogP contribution in [0.15, 0.2) is 15.2 Å². The standard InChI is InChI=1S/C7H5BrClN3O/c1-10-6-5-4(3(8)2-13-5)11-7(9)12-6/h2H,1H3,(H,10,11,12). The van der Waals surface area contributed by atoms with Gasteiger partial charge in [-0.3, -0.25) is 0 Å². The first-order valence-corrected chi connectivity index (χ1v) is 4.67. The molecule has 0 saturated carbocycles. The molecule has 0 bridgehead atoms. The zero-order chi connectivity index (χ0) is 9.42. The molecule has 0 aliphatic heterocycles. The smallest absolute Gasteiger partial charge is 0.225 e. The van der Waals surface area contributed by atoms with E-state index < -0.39 is 0 Å². The second-order valence-corrected chi connectivity index (χ2v) is 3.55.